The van der Waals surface area contributed by atoms with Gasteiger partial charge < -0.3 is 5.32 Å². The van der Waals surface area contributed by atoms with E-state index < -0.39 is 0 Å². The molecule has 0 spiro atoms. The molecule has 3 heteroatoms. The SMILES string of the molecule is c1cnnc(CNCC2Cc3ccccc32)c1. The molecule has 1 aromatic carbocycles. The van der Waals surface area contributed by atoms with Gasteiger partial charge in [0.1, 0.15) is 0 Å². The highest BCUT2D eigenvalue weighted by Crippen LogP contribution is 2.33. The summed E-state index contributed by atoms with van der Waals surface area (Å²) in [5.41, 5.74) is 4.00. The summed E-state index contributed by atoms with van der Waals surface area (Å²) in [4.78, 5) is 0. The standard InChI is InChI=1S/C14H15N3/c1-2-6-14-11(4-1)8-12(14)9-15-10-13-5-3-7-16-17-13/h1-7,12,15H,8-10H2. The highest BCUT2D eigenvalue weighted by Gasteiger charge is 2.24. The summed E-state index contributed by atoms with van der Waals surface area (Å²) in [5, 5.41) is 11.4. The van der Waals surface area contributed by atoms with Gasteiger partial charge >= 0.3 is 0 Å². The lowest BCUT2D eigenvalue weighted by molar-refractivity contribution is 0.531. The molecule has 1 atom stereocenters. The number of aromatic nitrogens is 2. The van der Waals surface area contributed by atoms with Crippen molar-refractivity contribution in [1.82, 2.24) is 15.5 Å². The van der Waals surface area contributed by atoms with Crippen LogP contribution in [-0.2, 0) is 13.0 Å². The van der Waals surface area contributed by atoms with Crippen molar-refractivity contribution in [2.24, 2.45) is 0 Å². The first-order valence-electron chi connectivity index (χ1n) is 5.98. The van der Waals surface area contributed by atoms with E-state index in [4.69, 9.17) is 0 Å². The maximum Gasteiger partial charge on any atom is 0.0768 e. The van der Waals surface area contributed by atoms with E-state index in [9.17, 15) is 0 Å². The van der Waals surface area contributed by atoms with E-state index in [2.05, 4.69) is 39.8 Å². The molecule has 1 aliphatic carbocycles. The summed E-state index contributed by atoms with van der Waals surface area (Å²) >= 11 is 0. The van der Waals surface area contributed by atoms with Crippen molar-refractivity contribution in [3.63, 3.8) is 0 Å². The third-order valence-electron chi connectivity index (χ3n) is 3.29. The zero-order valence-electron chi connectivity index (χ0n) is 9.63. The van der Waals surface area contributed by atoms with Gasteiger partial charge in [0.25, 0.3) is 0 Å². The fourth-order valence-electron chi connectivity index (χ4n) is 2.35. The van der Waals surface area contributed by atoms with Gasteiger partial charge in [-0.15, -0.1) is 0 Å². The van der Waals surface area contributed by atoms with Gasteiger partial charge in [-0.2, -0.15) is 10.2 Å². The average molecular weight is 225 g/mol. The minimum Gasteiger partial charge on any atom is -0.310 e. The van der Waals surface area contributed by atoms with Crippen LogP contribution >= 0.6 is 0 Å². The van der Waals surface area contributed by atoms with Gasteiger partial charge in [-0.3, -0.25) is 0 Å². The topological polar surface area (TPSA) is 37.8 Å². The molecular formula is C14H15N3. The minimum atomic E-state index is 0.669. The molecule has 0 saturated heterocycles. The average Bonchev–Trinajstić information content (AvgIpc) is 2.36. The maximum absolute atomic E-state index is 4.05. The number of hydrogen-bond acceptors (Lipinski definition) is 3. The molecule has 1 aliphatic rings. The van der Waals surface area contributed by atoms with Crippen LogP contribution in [0.25, 0.3) is 0 Å². The lowest BCUT2D eigenvalue weighted by Crippen LogP contribution is -2.29. The molecule has 0 bridgehead atoms. The number of benzene rings is 1. The van der Waals surface area contributed by atoms with Crippen LogP contribution in [0, 0.1) is 0 Å². The molecule has 1 heterocycles. The minimum absolute atomic E-state index is 0.669. The summed E-state index contributed by atoms with van der Waals surface area (Å²) in [7, 11) is 0. The Labute approximate surface area is 101 Å². The van der Waals surface area contributed by atoms with Gasteiger partial charge in [0, 0.05) is 25.2 Å². The Morgan fingerprint density at radius 1 is 1.18 bits per heavy atom. The smallest absolute Gasteiger partial charge is 0.0768 e. The van der Waals surface area contributed by atoms with Crippen LogP contribution < -0.4 is 5.32 Å². The summed E-state index contributed by atoms with van der Waals surface area (Å²) in [6.07, 6.45) is 2.90. The van der Waals surface area contributed by atoms with E-state index in [0.717, 1.165) is 18.8 Å². The predicted molar refractivity (Wildman–Crippen MR) is 66.6 cm³/mol. The first-order chi connectivity index (χ1) is 8.43. The van der Waals surface area contributed by atoms with Crippen molar-refractivity contribution in [1.29, 1.82) is 0 Å². The van der Waals surface area contributed by atoms with Gasteiger partial charge in [-0.1, -0.05) is 24.3 Å². The molecule has 0 saturated carbocycles. The summed E-state index contributed by atoms with van der Waals surface area (Å²) < 4.78 is 0. The third-order valence-corrected chi connectivity index (χ3v) is 3.29. The molecule has 1 unspecified atom stereocenters. The third kappa shape index (κ3) is 2.19. The summed E-state index contributed by atoms with van der Waals surface area (Å²) in [6, 6.07) is 12.6. The lowest BCUT2D eigenvalue weighted by atomic mass is 9.77. The molecule has 2 aromatic rings. The monoisotopic (exact) mass is 225 g/mol. The second-order valence-corrected chi connectivity index (χ2v) is 4.45. The quantitative estimate of drug-likeness (QED) is 0.863. The molecule has 86 valence electrons. The van der Waals surface area contributed by atoms with Crippen LogP contribution in [0.15, 0.2) is 42.6 Å². The van der Waals surface area contributed by atoms with Crippen molar-refractivity contribution in [3.05, 3.63) is 59.4 Å². The molecule has 1 N–H and O–H groups in total. The molecule has 0 radical (unpaired) electrons. The Morgan fingerprint density at radius 3 is 2.94 bits per heavy atom. The van der Waals surface area contributed by atoms with E-state index >= 15 is 0 Å². The van der Waals surface area contributed by atoms with Gasteiger partial charge in [-0.25, -0.2) is 0 Å². The highest BCUT2D eigenvalue weighted by molar-refractivity contribution is 5.40. The van der Waals surface area contributed by atoms with Crippen molar-refractivity contribution in [3.8, 4) is 0 Å². The second-order valence-electron chi connectivity index (χ2n) is 4.45. The Balaban J connectivity index is 1.51. The lowest BCUT2D eigenvalue weighted by Gasteiger charge is -2.30. The molecule has 17 heavy (non-hydrogen) atoms. The fraction of sp³-hybridized carbons (Fsp3) is 0.286. The van der Waals surface area contributed by atoms with Crippen LogP contribution in [-0.4, -0.2) is 16.7 Å². The van der Waals surface area contributed by atoms with E-state index in [1.807, 2.05) is 12.1 Å². The van der Waals surface area contributed by atoms with Crippen molar-refractivity contribution >= 4 is 0 Å². The normalized spacial score (nSPS) is 17.3. The fourth-order valence-corrected chi connectivity index (χ4v) is 2.35. The molecular weight excluding hydrogens is 210 g/mol. The number of fused-ring (bicyclic) bond motifs is 1. The van der Waals surface area contributed by atoms with E-state index in [-0.39, 0.29) is 0 Å². The second kappa shape index (κ2) is 4.63. The maximum atomic E-state index is 4.05. The van der Waals surface area contributed by atoms with Crippen molar-refractivity contribution in [2.45, 2.75) is 18.9 Å². The largest absolute Gasteiger partial charge is 0.310 e. The van der Waals surface area contributed by atoms with Gasteiger partial charge in [0.05, 0.1) is 5.69 Å². The first-order valence-corrected chi connectivity index (χ1v) is 5.98. The van der Waals surface area contributed by atoms with Crippen LogP contribution in [0.1, 0.15) is 22.7 Å². The molecule has 0 fully saturated rings. The van der Waals surface area contributed by atoms with Crippen LogP contribution in [0.4, 0.5) is 0 Å². The molecule has 0 aliphatic heterocycles. The number of nitrogens with one attached hydrogen (secondary N) is 1. The molecule has 1 aromatic heterocycles. The van der Waals surface area contributed by atoms with Crippen LogP contribution in [0.3, 0.4) is 0 Å². The van der Waals surface area contributed by atoms with Crippen molar-refractivity contribution < 1.29 is 0 Å². The zero-order chi connectivity index (χ0) is 11.5. The van der Waals surface area contributed by atoms with Crippen LogP contribution in [0.5, 0.6) is 0 Å². The molecule has 3 rings (SSSR count). The number of rotatable bonds is 4. The number of hydrogen-bond donors (Lipinski definition) is 1. The van der Waals surface area contributed by atoms with Gasteiger partial charge in [0.15, 0.2) is 0 Å². The zero-order valence-corrected chi connectivity index (χ0v) is 9.63. The van der Waals surface area contributed by atoms with E-state index in [1.165, 1.54) is 17.5 Å². The van der Waals surface area contributed by atoms with Gasteiger partial charge in [-0.05, 0) is 29.7 Å². The van der Waals surface area contributed by atoms with E-state index in [1.54, 1.807) is 6.20 Å². The summed E-state index contributed by atoms with van der Waals surface area (Å²) in [5.74, 6) is 0.669. The molecule has 0 amide bonds. The Kier molecular flexibility index (Phi) is 2.84. The Morgan fingerprint density at radius 2 is 2.12 bits per heavy atom. The van der Waals surface area contributed by atoms with E-state index in [0.29, 0.717) is 5.92 Å². The Hall–Kier alpha value is -1.74. The molecule has 3 nitrogen and oxygen atoms in total. The van der Waals surface area contributed by atoms with Crippen molar-refractivity contribution in [2.75, 3.05) is 6.54 Å². The predicted octanol–water partition coefficient (Wildman–Crippen LogP) is 1.91. The van der Waals surface area contributed by atoms with Gasteiger partial charge in [0.2, 0.25) is 0 Å². The van der Waals surface area contributed by atoms with Crippen LogP contribution in [0.2, 0.25) is 0 Å². The number of nitrogens with zero attached hydrogens (tertiary/aromatic N) is 2. The highest BCUT2D eigenvalue weighted by atomic mass is 15.1. The Bertz CT molecular complexity index is 496. The summed E-state index contributed by atoms with van der Waals surface area (Å²) in [6.45, 7) is 1.82. The first kappa shape index (κ1) is 10.4.